The molecule has 1 amide bonds. The quantitative estimate of drug-likeness (QED) is 0.531. The van der Waals surface area contributed by atoms with Crippen molar-refractivity contribution >= 4 is 27.3 Å². The Labute approximate surface area is 183 Å². The number of amides is 1. The van der Waals surface area contributed by atoms with Gasteiger partial charge in [0.1, 0.15) is 0 Å². The summed E-state index contributed by atoms with van der Waals surface area (Å²) < 4.78 is 3.15. The van der Waals surface area contributed by atoms with Gasteiger partial charge in [-0.15, -0.1) is 11.3 Å². The lowest BCUT2D eigenvalue weighted by molar-refractivity contribution is 0.0732. The Bertz CT molecular complexity index is 1350. The Kier molecular flexibility index (Phi) is 4.31. The average molecular weight is 431 g/mol. The highest BCUT2D eigenvalue weighted by molar-refractivity contribution is 7.17. The number of carbonyl (C=O) groups excluding carboxylic acids is 1. The fraction of sp³-hybridized carbons (Fsp3) is 0.292. The van der Waals surface area contributed by atoms with Crippen LogP contribution in [0.25, 0.3) is 21.2 Å². The van der Waals surface area contributed by atoms with Crippen LogP contribution in [0, 0.1) is 5.92 Å². The molecule has 3 aromatic heterocycles. The maximum absolute atomic E-state index is 13.6. The summed E-state index contributed by atoms with van der Waals surface area (Å²) in [5, 5.41) is 9.85. The number of H-pyrrole nitrogens is 1. The number of aromatic amines is 1. The number of nitrogens with one attached hydrogen (secondary N) is 1. The normalized spacial score (nSPS) is 15.9. The van der Waals surface area contributed by atoms with Crippen molar-refractivity contribution in [3.05, 3.63) is 75.3 Å². The molecule has 1 N–H and O–H groups in total. The molecule has 6 rings (SSSR count). The minimum atomic E-state index is -0.0266. The van der Waals surface area contributed by atoms with Crippen LogP contribution in [0.1, 0.15) is 34.5 Å². The van der Waals surface area contributed by atoms with Gasteiger partial charge in [-0.05, 0) is 47.2 Å². The standard InChI is InChI=1S/C24H22N4O2S/c29-23(18-11-25-26-12-18)27-8-6-21-17(14-27)10-20(24(30)28(21)13-15-4-5-15)19-3-1-2-16-7-9-31-22(16)19/h1-3,7,9-12,15H,4-6,8,13-14H2,(H,25,26). The molecule has 1 aliphatic heterocycles. The summed E-state index contributed by atoms with van der Waals surface area (Å²) in [6.45, 7) is 1.91. The molecule has 31 heavy (non-hydrogen) atoms. The molecule has 1 saturated carbocycles. The number of rotatable bonds is 4. The van der Waals surface area contributed by atoms with E-state index in [2.05, 4.69) is 27.7 Å². The predicted molar refractivity (Wildman–Crippen MR) is 121 cm³/mol. The molecule has 0 radical (unpaired) electrons. The summed E-state index contributed by atoms with van der Waals surface area (Å²) in [5.41, 5.74) is 4.56. The van der Waals surface area contributed by atoms with Gasteiger partial charge in [-0.25, -0.2) is 0 Å². The number of benzene rings is 1. The number of aromatic nitrogens is 3. The van der Waals surface area contributed by atoms with Gasteiger partial charge in [-0.3, -0.25) is 14.7 Å². The van der Waals surface area contributed by atoms with Crippen molar-refractivity contribution in [2.75, 3.05) is 6.54 Å². The van der Waals surface area contributed by atoms with Gasteiger partial charge in [0.25, 0.3) is 11.5 Å². The second kappa shape index (κ2) is 7.20. The Balaban J connectivity index is 1.48. The summed E-state index contributed by atoms with van der Waals surface area (Å²) in [5.74, 6) is 0.571. The van der Waals surface area contributed by atoms with Crippen LogP contribution in [0.4, 0.5) is 0 Å². The Morgan fingerprint density at radius 2 is 2.13 bits per heavy atom. The Morgan fingerprint density at radius 1 is 1.23 bits per heavy atom. The smallest absolute Gasteiger partial charge is 0.258 e. The topological polar surface area (TPSA) is 71.0 Å². The van der Waals surface area contributed by atoms with Crippen LogP contribution in [-0.4, -0.2) is 32.1 Å². The highest BCUT2D eigenvalue weighted by Crippen LogP contribution is 2.35. The van der Waals surface area contributed by atoms with Crippen LogP contribution >= 0.6 is 11.3 Å². The highest BCUT2D eigenvalue weighted by atomic mass is 32.1. The van der Waals surface area contributed by atoms with E-state index in [1.165, 1.54) is 12.8 Å². The number of hydrogen-bond acceptors (Lipinski definition) is 4. The van der Waals surface area contributed by atoms with Crippen LogP contribution < -0.4 is 5.56 Å². The van der Waals surface area contributed by atoms with E-state index in [0.29, 0.717) is 31.0 Å². The number of hydrogen-bond donors (Lipinski definition) is 1. The van der Waals surface area contributed by atoms with E-state index in [0.717, 1.165) is 39.0 Å². The van der Waals surface area contributed by atoms with Crippen LogP contribution in [0.15, 0.2) is 52.9 Å². The van der Waals surface area contributed by atoms with Crippen LogP contribution in [0.5, 0.6) is 0 Å². The molecule has 0 bridgehead atoms. The van der Waals surface area contributed by atoms with Gasteiger partial charge in [0.2, 0.25) is 0 Å². The van der Waals surface area contributed by atoms with Gasteiger partial charge >= 0.3 is 0 Å². The lowest BCUT2D eigenvalue weighted by Crippen LogP contribution is -2.39. The van der Waals surface area contributed by atoms with E-state index in [-0.39, 0.29) is 11.5 Å². The summed E-state index contributed by atoms with van der Waals surface area (Å²) in [6.07, 6.45) is 6.28. The van der Waals surface area contributed by atoms with Crippen molar-refractivity contribution in [1.82, 2.24) is 19.7 Å². The Morgan fingerprint density at radius 3 is 2.94 bits per heavy atom. The summed E-state index contributed by atoms with van der Waals surface area (Å²) in [4.78, 5) is 28.4. The van der Waals surface area contributed by atoms with E-state index in [9.17, 15) is 9.59 Å². The van der Waals surface area contributed by atoms with Crippen LogP contribution in [-0.2, 0) is 19.5 Å². The molecule has 0 spiro atoms. The zero-order valence-corrected chi connectivity index (χ0v) is 17.8. The van der Waals surface area contributed by atoms with Crippen molar-refractivity contribution < 1.29 is 4.79 Å². The summed E-state index contributed by atoms with van der Waals surface area (Å²) in [6, 6.07) is 10.3. The Hall–Kier alpha value is -3.19. The molecule has 0 unspecified atom stereocenters. The number of nitrogens with zero attached hydrogens (tertiary/aromatic N) is 3. The van der Waals surface area contributed by atoms with Gasteiger partial charge < -0.3 is 9.47 Å². The maximum atomic E-state index is 13.6. The first-order valence-corrected chi connectivity index (χ1v) is 11.6. The lowest BCUT2D eigenvalue weighted by atomic mass is 9.98. The average Bonchev–Trinajstić information content (AvgIpc) is 3.24. The zero-order valence-electron chi connectivity index (χ0n) is 17.0. The van der Waals surface area contributed by atoms with E-state index in [1.807, 2.05) is 27.7 Å². The molecular weight excluding hydrogens is 408 g/mol. The first kappa shape index (κ1) is 18.6. The van der Waals surface area contributed by atoms with E-state index in [1.54, 1.807) is 23.7 Å². The van der Waals surface area contributed by atoms with Gasteiger partial charge in [0, 0.05) is 53.8 Å². The fourth-order valence-corrected chi connectivity index (χ4v) is 5.52. The molecule has 1 aromatic carbocycles. The third-order valence-corrected chi connectivity index (χ3v) is 7.37. The minimum Gasteiger partial charge on any atom is -0.334 e. The highest BCUT2D eigenvalue weighted by Gasteiger charge is 2.29. The molecule has 4 aromatic rings. The molecule has 156 valence electrons. The number of pyridine rings is 1. The predicted octanol–water partition coefficient (Wildman–Crippen LogP) is 4.06. The van der Waals surface area contributed by atoms with Crippen molar-refractivity contribution in [2.45, 2.75) is 32.4 Å². The van der Waals surface area contributed by atoms with E-state index < -0.39 is 0 Å². The van der Waals surface area contributed by atoms with Crippen molar-refractivity contribution in [1.29, 1.82) is 0 Å². The van der Waals surface area contributed by atoms with Gasteiger partial charge in [-0.2, -0.15) is 5.10 Å². The summed E-state index contributed by atoms with van der Waals surface area (Å²) in [7, 11) is 0. The number of carbonyl (C=O) groups is 1. The summed E-state index contributed by atoms with van der Waals surface area (Å²) >= 11 is 1.67. The first-order valence-electron chi connectivity index (χ1n) is 10.7. The molecule has 4 heterocycles. The van der Waals surface area contributed by atoms with Crippen molar-refractivity contribution in [3.63, 3.8) is 0 Å². The lowest BCUT2D eigenvalue weighted by Gasteiger charge is -2.31. The second-order valence-electron chi connectivity index (χ2n) is 8.50. The SMILES string of the molecule is O=C(c1cn[nH]c1)N1CCc2c(cc(-c3cccc4ccsc34)c(=O)n2CC2CC2)C1. The van der Waals surface area contributed by atoms with E-state index in [4.69, 9.17) is 0 Å². The minimum absolute atomic E-state index is 0.0266. The fourth-order valence-electron chi connectivity index (χ4n) is 4.59. The van der Waals surface area contributed by atoms with Gasteiger partial charge in [0.15, 0.2) is 0 Å². The first-order chi connectivity index (χ1) is 15.2. The molecule has 1 aliphatic carbocycles. The van der Waals surface area contributed by atoms with Crippen LogP contribution in [0.2, 0.25) is 0 Å². The molecule has 7 heteroatoms. The third kappa shape index (κ3) is 3.20. The van der Waals surface area contributed by atoms with E-state index >= 15 is 0 Å². The van der Waals surface area contributed by atoms with Gasteiger partial charge in [-0.1, -0.05) is 18.2 Å². The maximum Gasteiger partial charge on any atom is 0.258 e. The second-order valence-corrected chi connectivity index (χ2v) is 9.41. The third-order valence-electron chi connectivity index (χ3n) is 6.41. The molecule has 2 aliphatic rings. The largest absolute Gasteiger partial charge is 0.334 e. The number of thiophene rings is 1. The van der Waals surface area contributed by atoms with Crippen LogP contribution in [0.3, 0.4) is 0 Å². The number of fused-ring (bicyclic) bond motifs is 2. The van der Waals surface area contributed by atoms with Gasteiger partial charge in [0.05, 0.1) is 11.8 Å². The molecule has 0 saturated heterocycles. The molecule has 0 atom stereocenters. The van der Waals surface area contributed by atoms with Crippen molar-refractivity contribution in [2.24, 2.45) is 5.92 Å². The van der Waals surface area contributed by atoms with Crippen molar-refractivity contribution in [3.8, 4) is 11.1 Å². The molecule has 6 nitrogen and oxygen atoms in total. The monoisotopic (exact) mass is 430 g/mol. The molecular formula is C24H22N4O2S. The molecule has 1 fully saturated rings. The zero-order chi connectivity index (χ0) is 20.9.